The number of hydrogen-bond donors (Lipinski definition) is 2. The normalized spacial score (nSPS) is 12.0. The Hall–Kier alpha value is -3.22. The molecule has 0 fully saturated rings. The second-order valence-corrected chi connectivity index (χ2v) is 5.41. The molecular formula is C18H14F2N2O3. The Bertz CT molecular complexity index is 952. The van der Waals surface area contributed by atoms with E-state index in [9.17, 15) is 18.4 Å². The van der Waals surface area contributed by atoms with E-state index in [1.807, 2.05) is 6.07 Å². The molecule has 1 heterocycles. The molecule has 25 heavy (non-hydrogen) atoms. The summed E-state index contributed by atoms with van der Waals surface area (Å²) in [7, 11) is 0. The van der Waals surface area contributed by atoms with Crippen molar-refractivity contribution in [2.75, 3.05) is 5.32 Å². The number of hydrogen-bond acceptors (Lipinski definition) is 3. The maximum atomic E-state index is 13.6. The maximum Gasteiger partial charge on any atom is 0.341 e. The number of amides is 1. The molecule has 0 aliphatic rings. The summed E-state index contributed by atoms with van der Waals surface area (Å²) < 4.78 is 31.8. The van der Waals surface area contributed by atoms with Crippen LogP contribution in [0.3, 0.4) is 0 Å². The molecule has 128 valence electrons. The van der Waals surface area contributed by atoms with E-state index >= 15 is 0 Å². The van der Waals surface area contributed by atoms with Gasteiger partial charge in [-0.25, -0.2) is 13.6 Å². The number of aromatic amines is 1. The molecular weight excluding hydrogens is 330 g/mol. The zero-order valence-corrected chi connectivity index (χ0v) is 13.2. The van der Waals surface area contributed by atoms with Crippen molar-refractivity contribution in [1.82, 2.24) is 4.98 Å². The molecule has 2 aromatic carbocycles. The fourth-order valence-corrected chi connectivity index (χ4v) is 2.35. The number of fused-ring (bicyclic) bond motifs is 1. The highest BCUT2D eigenvalue weighted by atomic mass is 19.1. The maximum absolute atomic E-state index is 13.6. The fourth-order valence-electron chi connectivity index (χ4n) is 2.35. The summed E-state index contributed by atoms with van der Waals surface area (Å²) in [6, 6.07) is 9.82. The highest BCUT2D eigenvalue weighted by molar-refractivity contribution is 6.05. The van der Waals surface area contributed by atoms with Gasteiger partial charge >= 0.3 is 5.97 Å². The van der Waals surface area contributed by atoms with Gasteiger partial charge in [0.1, 0.15) is 11.6 Å². The average molecular weight is 344 g/mol. The van der Waals surface area contributed by atoms with Crippen LogP contribution in [0.15, 0.2) is 48.7 Å². The number of aromatic nitrogens is 1. The number of H-pyrrole nitrogens is 1. The van der Waals surface area contributed by atoms with Gasteiger partial charge in [0.05, 0.1) is 11.3 Å². The van der Waals surface area contributed by atoms with E-state index in [2.05, 4.69) is 10.3 Å². The van der Waals surface area contributed by atoms with Crippen LogP contribution < -0.4 is 5.32 Å². The Balaban J connectivity index is 1.71. The van der Waals surface area contributed by atoms with Crippen molar-refractivity contribution in [3.63, 3.8) is 0 Å². The number of benzene rings is 2. The Labute approximate surface area is 141 Å². The van der Waals surface area contributed by atoms with Gasteiger partial charge in [-0.3, -0.25) is 4.79 Å². The van der Waals surface area contributed by atoms with Crippen LogP contribution in [0.25, 0.3) is 10.9 Å². The zero-order valence-electron chi connectivity index (χ0n) is 13.2. The van der Waals surface area contributed by atoms with E-state index in [1.165, 1.54) is 13.1 Å². The third-order valence-electron chi connectivity index (χ3n) is 3.65. The van der Waals surface area contributed by atoms with Crippen molar-refractivity contribution in [3.8, 4) is 0 Å². The first-order valence-corrected chi connectivity index (χ1v) is 7.48. The monoisotopic (exact) mass is 344 g/mol. The summed E-state index contributed by atoms with van der Waals surface area (Å²) in [5.74, 6) is -2.94. The molecule has 3 rings (SSSR count). The number of nitrogens with one attached hydrogen (secondary N) is 2. The van der Waals surface area contributed by atoms with Gasteiger partial charge in [0.15, 0.2) is 6.10 Å². The van der Waals surface area contributed by atoms with Crippen LogP contribution in [0.5, 0.6) is 0 Å². The third kappa shape index (κ3) is 3.50. The summed E-state index contributed by atoms with van der Waals surface area (Å²) >= 11 is 0. The molecule has 1 atom stereocenters. The van der Waals surface area contributed by atoms with Crippen LogP contribution in [-0.2, 0) is 9.53 Å². The summed E-state index contributed by atoms with van der Waals surface area (Å²) in [6.45, 7) is 1.35. The number of carbonyl (C=O) groups excluding carboxylic acids is 2. The summed E-state index contributed by atoms with van der Waals surface area (Å²) in [4.78, 5) is 27.2. The summed E-state index contributed by atoms with van der Waals surface area (Å²) in [5, 5.41) is 2.86. The van der Waals surface area contributed by atoms with Gasteiger partial charge in [0, 0.05) is 23.2 Å². The van der Waals surface area contributed by atoms with Crippen molar-refractivity contribution in [3.05, 3.63) is 65.9 Å². The highest BCUT2D eigenvalue weighted by Gasteiger charge is 2.22. The molecule has 1 amide bonds. The lowest BCUT2D eigenvalue weighted by molar-refractivity contribution is -0.123. The first kappa shape index (κ1) is 16.6. The predicted octanol–water partition coefficient (Wildman–Crippen LogP) is 3.63. The molecule has 0 spiro atoms. The number of carbonyl (C=O) groups is 2. The quantitative estimate of drug-likeness (QED) is 0.710. The number of ether oxygens (including phenoxy) is 1. The van der Waals surface area contributed by atoms with Crippen LogP contribution in [-0.4, -0.2) is 23.0 Å². The van der Waals surface area contributed by atoms with Crippen molar-refractivity contribution in [2.45, 2.75) is 13.0 Å². The van der Waals surface area contributed by atoms with Crippen LogP contribution in [0.1, 0.15) is 17.3 Å². The minimum Gasteiger partial charge on any atom is -0.449 e. The van der Waals surface area contributed by atoms with Gasteiger partial charge < -0.3 is 15.0 Å². The molecule has 0 aliphatic carbocycles. The molecule has 0 saturated heterocycles. The van der Waals surface area contributed by atoms with E-state index in [0.29, 0.717) is 5.39 Å². The van der Waals surface area contributed by atoms with Gasteiger partial charge in [-0.1, -0.05) is 18.2 Å². The van der Waals surface area contributed by atoms with E-state index < -0.39 is 29.6 Å². The average Bonchev–Trinajstić information content (AvgIpc) is 3.02. The van der Waals surface area contributed by atoms with Gasteiger partial charge in [0.2, 0.25) is 0 Å². The fraction of sp³-hybridized carbons (Fsp3) is 0.111. The van der Waals surface area contributed by atoms with Crippen molar-refractivity contribution >= 4 is 28.5 Å². The second-order valence-electron chi connectivity index (χ2n) is 5.41. The molecule has 1 aromatic heterocycles. The lowest BCUT2D eigenvalue weighted by atomic mass is 10.2. The number of anilines is 1. The summed E-state index contributed by atoms with van der Waals surface area (Å²) in [6.07, 6.45) is 0.299. The van der Waals surface area contributed by atoms with Crippen LogP contribution in [0.4, 0.5) is 14.5 Å². The molecule has 3 aromatic rings. The Kier molecular flexibility index (Phi) is 4.47. The van der Waals surface area contributed by atoms with Crippen LogP contribution in [0.2, 0.25) is 0 Å². The number of esters is 1. The number of halogens is 2. The SMILES string of the molecule is C[C@H](OC(=O)c1c[nH]c2ccccc12)C(=O)Nc1cc(F)ccc1F. The van der Waals surface area contributed by atoms with Gasteiger partial charge in [-0.2, -0.15) is 0 Å². The van der Waals surface area contributed by atoms with Crippen LogP contribution >= 0.6 is 0 Å². The minimum atomic E-state index is -1.19. The van der Waals surface area contributed by atoms with E-state index in [-0.39, 0.29) is 11.3 Å². The zero-order chi connectivity index (χ0) is 18.0. The summed E-state index contributed by atoms with van der Waals surface area (Å²) in [5.41, 5.74) is 0.723. The van der Waals surface area contributed by atoms with E-state index in [1.54, 1.807) is 18.2 Å². The van der Waals surface area contributed by atoms with Gasteiger partial charge in [-0.15, -0.1) is 0 Å². The smallest absolute Gasteiger partial charge is 0.341 e. The molecule has 7 heteroatoms. The van der Waals surface area contributed by atoms with Crippen molar-refractivity contribution in [2.24, 2.45) is 0 Å². The Morgan fingerprint density at radius 1 is 1.16 bits per heavy atom. The lowest BCUT2D eigenvalue weighted by Gasteiger charge is -2.13. The lowest BCUT2D eigenvalue weighted by Crippen LogP contribution is -2.30. The molecule has 0 radical (unpaired) electrons. The van der Waals surface area contributed by atoms with E-state index in [4.69, 9.17) is 4.74 Å². The predicted molar refractivity (Wildman–Crippen MR) is 88.2 cm³/mol. The molecule has 0 bridgehead atoms. The second kappa shape index (κ2) is 6.72. The Morgan fingerprint density at radius 2 is 1.92 bits per heavy atom. The minimum absolute atomic E-state index is 0.284. The number of rotatable bonds is 4. The third-order valence-corrected chi connectivity index (χ3v) is 3.65. The first-order chi connectivity index (χ1) is 12.0. The van der Waals surface area contributed by atoms with Crippen LogP contribution in [0, 0.1) is 11.6 Å². The Morgan fingerprint density at radius 3 is 2.72 bits per heavy atom. The van der Waals surface area contributed by atoms with Crippen molar-refractivity contribution < 1.29 is 23.1 Å². The molecule has 0 aliphatic heterocycles. The largest absolute Gasteiger partial charge is 0.449 e. The first-order valence-electron chi connectivity index (χ1n) is 7.48. The van der Waals surface area contributed by atoms with Gasteiger partial charge in [0.25, 0.3) is 5.91 Å². The molecule has 0 unspecified atom stereocenters. The number of para-hydroxylation sites is 1. The van der Waals surface area contributed by atoms with Gasteiger partial charge in [-0.05, 0) is 25.1 Å². The molecule has 2 N–H and O–H groups in total. The van der Waals surface area contributed by atoms with Crippen molar-refractivity contribution in [1.29, 1.82) is 0 Å². The highest BCUT2D eigenvalue weighted by Crippen LogP contribution is 2.20. The molecule has 0 saturated carbocycles. The standard InChI is InChI=1S/C18H14F2N2O3/c1-10(17(23)22-16-8-11(19)6-7-14(16)20)25-18(24)13-9-21-15-5-3-2-4-12(13)15/h2-10,21H,1H3,(H,22,23)/t10-/m0/s1. The molecule has 5 nitrogen and oxygen atoms in total. The topological polar surface area (TPSA) is 71.2 Å². The van der Waals surface area contributed by atoms with E-state index in [0.717, 1.165) is 23.7 Å².